The molecule has 0 spiro atoms. The zero-order valence-electron chi connectivity index (χ0n) is 10.2. The number of fused-ring (bicyclic) bond motifs is 1. The molecule has 7 heteroatoms. The first-order valence-electron chi connectivity index (χ1n) is 5.76. The average molecular weight is 352 g/mol. The molecule has 0 aliphatic heterocycles. The number of halogens is 1. The number of anilines is 1. The summed E-state index contributed by atoms with van der Waals surface area (Å²) >= 11 is 3.40. The third kappa shape index (κ3) is 2.54. The zero-order valence-corrected chi connectivity index (χ0v) is 12.6. The molecule has 0 aliphatic carbocycles. The van der Waals surface area contributed by atoms with E-state index in [4.69, 9.17) is 0 Å². The van der Waals surface area contributed by atoms with Crippen molar-refractivity contribution in [3.63, 3.8) is 0 Å². The van der Waals surface area contributed by atoms with Crippen LogP contribution in [0.3, 0.4) is 0 Å². The number of aromatic nitrogens is 2. The third-order valence-electron chi connectivity index (χ3n) is 2.82. The smallest absolute Gasteiger partial charge is 0.278 e. The summed E-state index contributed by atoms with van der Waals surface area (Å²) in [5, 5.41) is 8.10. The van der Waals surface area contributed by atoms with Gasteiger partial charge in [0, 0.05) is 10.2 Å². The van der Waals surface area contributed by atoms with Crippen LogP contribution in [-0.2, 0) is 10.0 Å². The summed E-state index contributed by atoms with van der Waals surface area (Å²) in [4.78, 5) is 0. The minimum atomic E-state index is -3.62. The van der Waals surface area contributed by atoms with Gasteiger partial charge in [-0.3, -0.25) is 9.82 Å². The van der Waals surface area contributed by atoms with Crippen molar-refractivity contribution in [2.75, 3.05) is 4.72 Å². The predicted molar refractivity (Wildman–Crippen MR) is 81.0 cm³/mol. The van der Waals surface area contributed by atoms with Crippen molar-refractivity contribution in [1.29, 1.82) is 0 Å². The van der Waals surface area contributed by atoms with Crippen LogP contribution < -0.4 is 4.72 Å². The fraction of sp³-hybridized carbons (Fsp3) is 0. The van der Waals surface area contributed by atoms with Crippen molar-refractivity contribution in [2.24, 2.45) is 0 Å². The van der Waals surface area contributed by atoms with E-state index in [0.717, 1.165) is 15.2 Å². The SMILES string of the molecule is O=S(=O)(Nc1ccc2cc(Br)ccc2c1)c1ccn[nH]1. The van der Waals surface area contributed by atoms with Gasteiger partial charge >= 0.3 is 0 Å². The minimum Gasteiger partial charge on any atom is -0.278 e. The summed E-state index contributed by atoms with van der Waals surface area (Å²) in [5.74, 6) is 0. The Bertz CT molecular complexity index is 860. The number of nitrogens with zero attached hydrogens (tertiary/aromatic N) is 1. The normalized spacial score (nSPS) is 11.7. The number of benzene rings is 2. The van der Waals surface area contributed by atoms with Gasteiger partial charge in [0.15, 0.2) is 5.03 Å². The molecule has 0 fully saturated rings. The maximum atomic E-state index is 12.1. The second-order valence-corrected chi connectivity index (χ2v) is 6.80. The monoisotopic (exact) mass is 351 g/mol. The summed E-state index contributed by atoms with van der Waals surface area (Å²) in [5.41, 5.74) is 0.509. The van der Waals surface area contributed by atoms with Gasteiger partial charge in [-0.1, -0.05) is 28.1 Å². The highest BCUT2D eigenvalue weighted by Crippen LogP contribution is 2.24. The van der Waals surface area contributed by atoms with Crippen molar-refractivity contribution in [3.8, 4) is 0 Å². The van der Waals surface area contributed by atoms with Gasteiger partial charge in [0.2, 0.25) is 0 Å². The van der Waals surface area contributed by atoms with Gasteiger partial charge in [-0.2, -0.15) is 13.5 Å². The van der Waals surface area contributed by atoms with Gasteiger partial charge in [0.25, 0.3) is 10.0 Å². The van der Waals surface area contributed by atoms with Crippen molar-refractivity contribution < 1.29 is 8.42 Å². The Kier molecular flexibility index (Phi) is 3.23. The van der Waals surface area contributed by atoms with Crippen LogP contribution in [-0.4, -0.2) is 18.6 Å². The first kappa shape index (κ1) is 13.1. The highest BCUT2D eigenvalue weighted by atomic mass is 79.9. The van der Waals surface area contributed by atoms with Crippen LogP contribution in [0.25, 0.3) is 10.8 Å². The van der Waals surface area contributed by atoms with Gasteiger partial charge in [-0.05, 0) is 41.1 Å². The summed E-state index contributed by atoms with van der Waals surface area (Å²) in [7, 11) is -3.62. The van der Waals surface area contributed by atoms with E-state index in [1.54, 1.807) is 12.1 Å². The molecule has 5 nitrogen and oxygen atoms in total. The second kappa shape index (κ2) is 4.92. The van der Waals surface area contributed by atoms with Gasteiger partial charge in [0.1, 0.15) is 0 Å². The molecule has 0 saturated heterocycles. The van der Waals surface area contributed by atoms with Crippen molar-refractivity contribution >= 4 is 42.4 Å². The van der Waals surface area contributed by atoms with Crippen LogP contribution in [0.15, 0.2) is 58.2 Å². The molecule has 0 bridgehead atoms. The van der Waals surface area contributed by atoms with Crippen molar-refractivity contribution in [2.45, 2.75) is 5.03 Å². The largest absolute Gasteiger partial charge is 0.278 e. The van der Waals surface area contributed by atoms with Gasteiger partial charge in [-0.15, -0.1) is 0 Å². The molecule has 3 aromatic rings. The van der Waals surface area contributed by atoms with Crippen molar-refractivity contribution in [3.05, 3.63) is 53.1 Å². The molecule has 1 heterocycles. The average Bonchev–Trinajstić information content (AvgIpc) is 2.93. The van der Waals surface area contributed by atoms with Crippen LogP contribution in [0.5, 0.6) is 0 Å². The Balaban J connectivity index is 1.98. The number of nitrogens with one attached hydrogen (secondary N) is 2. The molecule has 2 N–H and O–H groups in total. The topological polar surface area (TPSA) is 74.8 Å². The molecule has 0 aliphatic rings. The predicted octanol–water partition coefficient (Wildman–Crippen LogP) is 3.13. The van der Waals surface area contributed by atoms with E-state index in [1.165, 1.54) is 12.3 Å². The molecule has 1 aromatic heterocycles. The first-order valence-corrected chi connectivity index (χ1v) is 8.04. The summed E-state index contributed by atoms with van der Waals surface area (Å²) in [6, 6.07) is 12.6. The molecule has 0 unspecified atom stereocenters. The number of rotatable bonds is 3. The lowest BCUT2D eigenvalue weighted by Gasteiger charge is -2.07. The Morgan fingerprint density at radius 1 is 1.05 bits per heavy atom. The van der Waals surface area contributed by atoms with E-state index in [0.29, 0.717) is 5.69 Å². The Hall–Kier alpha value is -1.86. The zero-order chi connectivity index (χ0) is 14.2. The summed E-state index contributed by atoms with van der Waals surface area (Å²) < 4.78 is 27.6. The molecule has 102 valence electrons. The fourth-order valence-electron chi connectivity index (χ4n) is 1.88. The number of hydrogen-bond acceptors (Lipinski definition) is 3. The van der Waals surface area contributed by atoms with E-state index >= 15 is 0 Å². The van der Waals surface area contributed by atoms with E-state index < -0.39 is 10.0 Å². The lowest BCUT2D eigenvalue weighted by molar-refractivity contribution is 0.597. The lowest BCUT2D eigenvalue weighted by Crippen LogP contribution is -2.13. The first-order chi connectivity index (χ1) is 9.54. The number of sulfonamides is 1. The molecule has 0 saturated carbocycles. The molecule has 0 amide bonds. The molecule has 3 rings (SSSR count). The number of aromatic amines is 1. The fourth-order valence-corrected chi connectivity index (χ4v) is 3.22. The molecule has 20 heavy (non-hydrogen) atoms. The van der Waals surface area contributed by atoms with E-state index in [9.17, 15) is 8.42 Å². The maximum Gasteiger partial charge on any atom is 0.278 e. The standard InChI is InChI=1S/C13H10BrN3O2S/c14-11-3-1-10-8-12(4-2-9(10)7-11)17-20(18,19)13-5-6-15-16-13/h1-8,17H,(H,15,16). The van der Waals surface area contributed by atoms with Crippen LogP contribution >= 0.6 is 15.9 Å². The Labute approximate surface area is 124 Å². The highest BCUT2D eigenvalue weighted by molar-refractivity contribution is 9.10. The quantitative estimate of drug-likeness (QED) is 0.761. The molecular weight excluding hydrogens is 342 g/mol. The minimum absolute atomic E-state index is 0.0356. The van der Waals surface area contributed by atoms with Gasteiger partial charge < -0.3 is 0 Å². The third-order valence-corrected chi connectivity index (χ3v) is 4.62. The van der Waals surface area contributed by atoms with E-state index in [-0.39, 0.29) is 5.03 Å². The van der Waals surface area contributed by atoms with Crippen LogP contribution in [0.4, 0.5) is 5.69 Å². The molecular formula is C13H10BrN3O2S. The van der Waals surface area contributed by atoms with Crippen LogP contribution in [0.1, 0.15) is 0 Å². The highest BCUT2D eigenvalue weighted by Gasteiger charge is 2.15. The van der Waals surface area contributed by atoms with Gasteiger partial charge in [0.05, 0.1) is 6.20 Å². The van der Waals surface area contributed by atoms with E-state index in [2.05, 4.69) is 30.8 Å². The molecule has 2 aromatic carbocycles. The van der Waals surface area contributed by atoms with Crippen LogP contribution in [0, 0.1) is 0 Å². The summed E-state index contributed by atoms with van der Waals surface area (Å²) in [6.07, 6.45) is 1.40. The van der Waals surface area contributed by atoms with Gasteiger partial charge in [-0.25, -0.2) is 0 Å². The second-order valence-electron chi connectivity index (χ2n) is 4.23. The Morgan fingerprint density at radius 2 is 1.80 bits per heavy atom. The molecule has 0 radical (unpaired) electrons. The van der Waals surface area contributed by atoms with E-state index in [1.807, 2.05) is 24.3 Å². The number of hydrogen-bond donors (Lipinski definition) is 2. The summed E-state index contributed by atoms with van der Waals surface area (Å²) in [6.45, 7) is 0. The molecule has 0 atom stereocenters. The Morgan fingerprint density at radius 3 is 2.55 bits per heavy atom. The van der Waals surface area contributed by atoms with Crippen LogP contribution in [0.2, 0.25) is 0 Å². The van der Waals surface area contributed by atoms with Crippen molar-refractivity contribution in [1.82, 2.24) is 10.2 Å². The number of H-pyrrole nitrogens is 1. The maximum absolute atomic E-state index is 12.1. The lowest BCUT2D eigenvalue weighted by atomic mass is 10.1.